The smallest absolute Gasteiger partial charge is 0.308 e. The van der Waals surface area contributed by atoms with E-state index in [-0.39, 0.29) is 23.0 Å². The van der Waals surface area contributed by atoms with E-state index >= 15 is 0 Å². The van der Waals surface area contributed by atoms with Crippen molar-refractivity contribution in [3.8, 4) is 23.0 Å². The minimum atomic E-state index is -0.524. The molecule has 0 aromatic heterocycles. The minimum Gasteiger partial charge on any atom is -0.508 e. The van der Waals surface area contributed by atoms with Gasteiger partial charge >= 0.3 is 5.97 Å². The highest BCUT2D eigenvalue weighted by molar-refractivity contribution is 5.74. The molecule has 21 heavy (non-hydrogen) atoms. The quantitative estimate of drug-likeness (QED) is 0.459. The van der Waals surface area contributed by atoms with E-state index in [1.807, 2.05) is 0 Å². The van der Waals surface area contributed by atoms with Crippen molar-refractivity contribution in [2.45, 2.75) is 6.92 Å². The number of rotatable bonds is 3. The first-order valence-corrected chi connectivity index (χ1v) is 6.16. The van der Waals surface area contributed by atoms with Crippen molar-refractivity contribution in [2.24, 2.45) is 0 Å². The summed E-state index contributed by atoms with van der Waals surface area (Å²) in [6, 6.07) is 8.78. The van der Waals surface area contributed by atoms with Gasteiger partial charge in [0.2, 0.25) is 0 Å². The van der Waals surface area contributed by atoms with Gasteiger partial charge in [-0.15, -0.1) is 0 Å². The largest absolute Gasteiger partial charge is 0.508 e. The van der Waals surface area contributed by atoms with Crippen LogP contribution in [0.3, 0.4) is 0 Å². The lowest BCUT2D eigenvalue weighted by atomic mass is 10.1. The lowest BCUT2D eigenvalue weighted by Gasteiger charge is -2.05. The molecular weight excluding hydrogens is 272 g/mol. The van der Waals surface area contributed by atoms with Gasteiger partial charge in [0.15, 0.2) is 11.5 Å². The number of benzene rings is 2. The van der Waals surface area contributed by atoms with Gasteiger partial charge in [-0.2, -0.15) is 0 Å². The highest BCUT2D eigenvalue weighted by Crippen LogP contribution is 2.28. The molecule has 0 aliphatic heterocycles. The van der Waals surface area contributed by atoms with E-state index < -0.39 is 5.97 Å². The van der Waals surface area contributed by atoms with E-state index in [0.29, 0.717) is 11.1 Å². The summed E-state index contributed by atoms with van der Waals surface area (Å²) < 4.78 is 4.87. The lowest BCUT2D eigenvalue weighted by Crippen LogP contribution is -2.01. The summed E-state index contributed by atoms with van der Waals surface area (Å²) in [5.41, 5.74) is 1.29. The summed E-state index contributed by atoms with van der Waals surface area (Å²) >= 11 is 0. The molecule has 3 N–H and O–H groups in total. The Morgan fingerprint density at radius 2 is 1.57 bits per heavy atom. The Labute approximate surface area is 121 Å². The molecule has 0 fully saturated rings. The second-order valence-corrected chi connectivity index (χ2v) is 4.44. The maximum Gasteiger partial charge on any atom is 0.308 e. The normalized spacial score (nSPS) is 10.7. The van der Waals surface area contributed by atoms with Crippen LogP contribution in [0.5, 0.6) is 23.0 Å². The lowest BCUT2D eigenvalue weighted by molar-refractivity contribution is -0.132. The van der Waals surface area contributed by atoms with Crippen molar-refractivity contribution >= 4 is 18.1 Å². The van der Waals surface area contributed by atoms with Crippen LogP contribution < -0.4 is 4.74 Å². The molecule has 0 aliphatic carbocycles. The monoisotopic (exact) mass is 286 g/mol. The fraction of sp³-hybridized carbons (Fsp3) is 0.0625. The molecule has 2 rings (SSSR count). The number of esters is 1. The van der Waals surface area contributed by atoms with Gasteiger partial charge in [0.1, 0.15) is 11.5 Å². The van der Waals surface area contributed by atoms with E-state index in [1.165, 1.54) is 37.3 Å². The molecule has 5 heteroatoms. The molecule has 108 valence electrons. The van der Waals surface area contributed by atoms with Crippen LogP contribution in [-0.2, 0) is 4.79 Å². The Morgan fingerprint density at radius 3 is 2.19 bits per heavy atom. The van der Waals surface area contributed by atoms with Crippen molar-refractivity contribution in [2.75, 3.05) is 0 Å². The third-order valence-electron chi connectivity index (χ3n) is 2.63. The van der Waals surface area contributed by atoms with Crippen molar-refractivity contribution < 1.29 is 24.9 Å². The van der Waals surface area contributed by atoms with Gasteiger partial charge in [0.05, 0.1) is 0 Å². The summed E-state index contributed by atoms with van der Waals surface area (Å²) in [5.74, 6) is -0.660. The van der Waals surface area contributed by atoms with Crippen LogP contribution in [0.25, 0.3) is 12.2 Å². The molecule has 2 aromatic rings. The molecule has 0 heterocycles. The van der Waals surface area contributed by atoms with Crippen LogP contribution in [0.2, 0.25) is 0 Å². The molecule has 0 bridgehead atoms. The predicted octanol–water partition coefficient (Wildman–Crippen LogP) is 2.90. The van der Waals surface area contributed by atoms with Gasteiger partial charge in [-0.1, -0.05) is 18.2 Å². The Morgan fingerprint density at radius 1 is 0.952 bits per heavy atom. The van der Waals surface area contributed by atoms with Crippen LogP contribution in [0, 0.1) is 0 Å². The standard InChI is InChI=1S/C16H14O5/c1-10(17)21-16-8-11(4-5-15(16)20)2-3-12-6-13(18)9-14(19)7-12/h2-9,18-20H,1H3. The minimum absolute atomic E-state index is 0.0408. The van der Waals surface area contributed by atoms with Crippen LogP contribution in [0.4, 0.5) is 0 Å². The SMILES string of the molecule is CC(=O)Oc1cc(C=Cc2cc(O)cc(O)c2)ccc1O. The number of carbonyl (C=O) groups excluding carboxylic acids is 1. The first kappa shape index (κ1) is 14.5. The zero-order valence-electron chi connectivity index (χ0n) is 11.3. The van der Waals surface area contributed by atoms with E-state index in [4.69, 9.17) is 4.74 Å². The van der Waals surface area contributed by atoms with Crippen molar-refractivity contribution in [3.63, 3.8) is 0 Å². The number of aromatic hydroxyl groups is 3. The molecule has 0 spiro atoms. The maximum atomic E-state index is 10.9. The number of hydrogen-bond donors (Lipinski definition) is 3. The molecule has 2 aromatic carbocycles. The van der Waals surface area contributed by atoms with E-state index in [1.54, 1.807) is 18.2 Å². The summed E-state index contributed by atoms with van der Waals surface area (Å²) in [4.78, 5) is 10.9. The van der Waals surface area contributed by atoms with Crippen LogP contribution in [0.1, 0.15) is 18.1 Å². The van der Waals surface area contributed by atoms with Crippen molar-refractivity contribution in [1.29, 1.82) is 0 Å². The predicted molar refractivity (Wildman–Crippen MR) is 78.1 cm³/mol. The summed E-state index contributed by atoms with van der Waals surface area (Å²) in [6.45, 7) is 1.25. The Balaban J connectivity index is 2.26. The number of carbonyl (C=O) groups is 1. The Hall–Kier alpha value is -2.95. The summed E-state index contributed by atoms with van der Waals surface area (Å²) in [5, 5.41) is 28.3. The molecule has 0 atom stereocenters. The molecular formula is C16H14O5. The number of phenolic OH excluding ortho intramolecular Hbond substituents is 3. The third kappa shape index (κ3) is 4.01. The second-order valence-electron chi connectivity index (χ2n) is 4.44. The van der Waals surface area contributed by atoms with Crippen LogP contribution in [-0.4, -0.2) is 21.3 Å². The first-order valence-electron chi connectivity index (χ1n) is 6.16. The van der Waals surface area contributed by atoms with E-state index in [2.05, 4.69) is 0 Å². The Kier molecular flexibility index (Phi) is 4.13. The zero-order valence-corrected chi connectivity index (χ0v) is 11.3. The molecule has 0 unspecified atom stereocenters. The van der Waals surface area contributed by atoms with E-state index in [9.17, 15) is 20.1 Å². The molecule has 0 aliphatic rings. The average Bonchev–Trinajstić information content (AvgIpc) is 2.38. The molecule has 0 amide bonds. The number of phenols is 3. The van der Waals surface area contributed by atoms with E-state index in [0.717, 1.165) is 0 Å². The summed E-state index contributed by atoms with van der Waals surface area (Å²) in [7, 11) is 0. The topological polar surface area (TPSA) is 87.0 Å². The van der Waals surface area contributed by atoms with Crippen LogP contribution in [0.15, 0.2) is 36.4 Å². The molecule has 5 nitrogen and oxygen atoms in total. The van der Waals surface area contributed by atoms with Gasteiger partial charge in [0, 0.05) is 13.0 Å². The number of hydrogen-bond acceptors (Lipinski definition) is 5. The van der Waals surface area contributed by atoms with Gasteiger partial charge < -0.3 is 20.1 Å². The molecule has 0 radical (unpaired) electrons. The van der Waals surface area contributed by atoms with Gasteiger partial charge in [0.25, 0.3) is 0 Å². The van der Waals surface area contributed by atoms with Gasteiger partial charge in [-0.05, 0) is 35.4 Å². The zero-order chi connectivity index (χ0) is 15.4. The van der Waals surface area contributed by atoms with Gasteiger partial charge in [-0.25, -0.2) is 0 Å². The fourth-order valence-electron chi connectivity index (χ4n) is 1.78. The fourth-order valence-corrected chi connectivity index (χ4v) is 1.78. The highest BCUT2D eigenvalue weighted by Gasteiger charge is 2.05. The molecule has 0 saturated heterocycles. The summed E-state index contributed by atoms with van der Waals surface area (Å²) in [6.07, 6.45) is 3.37. The van der Waals surface area contributed by atoms with Crippen LogP contribution >= 0.6 is 0 Å². The van der Waals surface area contributed by atoms with Crippen molar-refractivity contribution in [3.05, 3.63) is 47.5 Å². The highest BCUT2D eigenvalue weighted by atomic mass is 16.5. The third-order valence-corrected chi connectivity index (χ3v) is 2.63. The van der Waals surface area contributed by atoms with Crippen molar-refractivity contribution in [1.82, 2.24) is 0 Å². The first-order chi connectivity index (χ1) is 9.94. The van der Waals surface area contributed by atoms with Gasteiger partial charge in [-0.3, -0.25) is 4.79 Å². The average molecular weight is 286 g/mol. The second kappa shape index (κ2) is 6.00. The molecule has 0 saturated carbocycles. The number of ether oxygens (including phenoxy) is 1. The maximum absolute atomic E-state index is 10.9. The Bertz CT molecular complexity index is 684.